The minimum absolute atomic E-state index is 0.0253. The van der Waals surface area contributed by atoms with E-state index in [1.165, 1.54) is 6.07 Å². The van der Waals surface area contributed by atoms with Gasteiger partial charge < -0.3 is 19.5 Å². The Morgan fingerprint density at radius 2 is 1.63 bits per heavy atom. The summed E-state index contributed by atoms with van der Waals surface area (Å²) in [5.74, 6) is -1.04. The number of aliphatic hydroxyl groups excluding tert-OH is 1. The molecule has 5 aromatic rings. The summed E-state index contributed by atoms with van der Waals surface area (Å²) >= 11 is 0. The lowest BCUT2D eigenvalue weighted by atomic mass is 9.97. The molecule has 0 aliphatic heterocycles. The quantitative estimate of drug-likeness (QED) is 0.220. The third-order valence-electron chi connectivity index (χ3n) is 6.60. The fourth-order valence-electron chi connectivity index (χ4n) is 4.87. The summed E-state index contributed by atoms with van der Waals surface area (Å²) < 4.78 is 22.5. The van der Waals surface area contributed by atoms with Gasteiger partial charge in [0.2, 0.25) is 0 Å². The highest BCUT2D eigenvalue weighted by atomic mass is 19.1. The number of para-hydroxylation sites is 1. The third kappa shape index (κ3) is 5.31. The molecule has 38 heavy (non-hydrogen) atoms. The first-order chi connectivity index (χ1) is 18.5. The number of rotatable bonds is 10. The predicted molar refractivity (Wildman–Crippen MR) is 147 cm³/mol. The number of hydrogen-bond acceptors (Lipinski definition) is 3. The van der Waals surface area contributed by atoms with Crippen LogP contribution in [0.2, 0.25) is 0 Å². The van der Waals surface area contributed by atoms with Gasteiger partial charge in [0.15, 0.2) is 0 Å². The Labute approximate surface area is 220 Å². The normalized spacial score (nSPS) is 11.1. The van der Waals surface area contributed by atoms with Crippen LogP contribution < -0.4 is 4.74 Å². The molecule has 2 N–H and O–H groups in total. The van der Waals surface area contributed by atoms with Crippen LogP contribution in [0.3, 0.4) is 0 Å². The van der Waals surface area contributed by atoms with Gasteiger partial charge in [0.05, 0.1) is 12.3 Å². The number of aliphatic carboxylic acids is 1. The summed E-state index contributed by atoms with van der Waals surface area (Å²) in [6.07, 6.45) is 0.0146. The number of aryl methyl sites for hydroxylation is 1. The number of carboxylic acids is 1. The average molecular weight is 510 g/mol. The Morgan fingerprint density at radius 1 is 0.868 bits per heavy atom. The first kappa shape index (κ1) is 25.2. The highest BCUT2D eigenvalue weighted by Crippen LogP contribution is 2.41. The maximum atomic E-state index is 14.4. The molecular formula is C32H28FNO4. The lowest BCUT2D eigenvalue weighted by Gasteiger charge is -2.13. The molecule has 0 amide bonds. The molecule has 5 nitrogen and oxygen atoms in total. The molecule has 5 rings (SSSR count). The van der Waals surface area contributed by atoms with Crippen LogP contribution >= 0.6 is 0 Å². The van der Waals surface area contributed by atoms with Gasteiger partial charge in [0.25, 0.3) is 0 Å². The standard InChI is InChI=1S/C32H28FNO4/c33-28-20-26(15-13-23(28)14-16-30(36)37)38-21-22-7-6-10-25(19-22)31-27-11-4-5-12-29(27)34(17-18-35)32(31)24-8-2-1-3-9-24/h1-13,15,19-20,35H,14,16-18,21H2,(H,36,37). The lowest BCUT2D eigenvalue weighted by Crippen LogP contribution is -2.04. The second-order valence-electron chi connectivity index (χ2n) is 9.12. The van der Waals surface area contributed by atoms with Gasteiger partial charge in [0.1, 0.15) is 18.2 Å². The third-order valence-corrected chi connectivity index (χ3v) is 6.60. The molecule has 0 unspecified atom stereocenters. The zero-order valence-corrected chi connectivity index (χ0v) is 20.8. The van der Waals surface area contributed by atoms with Crippen molar-refractivity contribution in [3.63, 3.8) is 0 Å². The first-order valence-corrected chi connectivity index (χ1v) is 12.5. The van der Waals surface area contributed by atoms with E-state index < -0.39 is 11.8 Å². The van der Waals surface area contributed by atoms with Crippen molar-refractivity contribution < 1.29 is 24.1 Å². The van der Waals surface area contributed by atoms with E-state index in [2.05, 4.69) is 41.0 Å². The fraction of sp³-hybridized carbons (Fsp3) is 0.156. The fourth-order valence-corrected chi connectivity index (χ4v) is 4.87. The van der Waals surface area contributed by atoms with Gasteiger partial charge >= 0.3 is 5.97 Å². The van der Waals surface area contributed by atoms with Crippen LogP contribution in [0.1, 0.15) is 17.5 Å². The molecule has 0 atom stereocenters. The van der Waals surface area contributed by atoms with Crippen molar-refractivity contribution in [2.45, 2.75) is 26.0 Å². The summed E-state index contributed by atoms with van der Waals surface area (Å²) in [5.41, 5.74) is 6.54. The van der Waals surface area contributed by atoms with E-state index in [0.717, 1.165) is 38.9 Å². The van der Waals surface area contributed by atoms with Crippen molar-refractivity contribution in [1.82, 2.24) is 4.57 Å². The largest absolute Gasteiger partial charge is 0.489 e. The number of fused-ring (bicyclic) bond motifs is 1. The molecule has 0 bridgehead atoms. The number of aromatic nitrogens is 1. The number of carbonyl (C=O) groups is 1. The number of benzene rings is 4. The van der Waals surface area contributed by atoms with Gasteiger partial charge in [-0.2, -0.15) is 0 Å². The van der Waals surface area contributed by atoms with Crippen LogP contribution in [0, 0.1) is 5.82 Å². The van der Waals surface area contributed by atoms with E-state index in [4.69, 9.17) is 9.84 Å². The Balaban J connectivity index is 1.48. The number of hydrogen-bond donors (Lipinski definition) is 2. The Bertz CT molecular complexity index is 1580. The number of halogens is 1. The maximum absolute atomic E-state index is 14.4. The van der Waals surface area contributed by atoms with Crippen LogP contribution in [0.5, 0.6) is 5.75 Å². The molecule has 192 valence electrons. The number of ether oxygens (including phenoxy) is 1. The van der Waals surface area contributed by atoms with E-state index in [-0.39, 0.29) is 26.1 Å². The molecule has 0 spiro atoms. The molecule has 6 heteroatoms. The van der Waals surface area contributed by atoms with Crippen LogP contribution in [-0.2, 0) is 24.4 Å². The van der Waals surface area contributed by atoms with Gasteiger partial charge in [-0.25, -0.2) is 4.39 Å². The van der Waals surface area contributed by atoms with E-state index >= 15 is 0 Å². The highest BCUT2D eigenvalue weighted by molar-refractivity contribution is 6.04. The van der Waals surface area contributed by atoms with Crippen molar-refractivity contribution in [2.75, 3.05) is 6.61 Å². The zero-order chi connectivity index (χ0) is 26.5. The minimum Gasteiger partial charge on any atom is -0.489 e. The van der Waals surface area contributed by atoms with E-state index in [0.29, 0.717) is 17.9 Å². The molecule has 0 radical (unpaired) electrons. The number of aliphatic hydroxyl groups is 1. The molecule has 0 aliphatic carbocycles. The van der Waals surface area contributed by atoms with Crippen molar-refractivity contribution in [2.24, 2.45) is 0 Å². The van der Waals surface area contributed by atoms with Gasteiger partial charge in [-0.1, -0.05) is 72.8 Å². The average Bonchev–Trinajstić information content (AvgIpc) is 3.26. The van der Waals surface area contributed by atoms with Crippen molar-refractivity contribution in [1.29, 1.82) is 0 Å². The summed E-state index contributed by atoms with van der Waals surface area (Å²) in [6.45, 7) is 0.747. The van der Waals surface area contributed by atoms with E-state index in [1.807, 2.05) is 42.5 Å². The predicted octanol–water partition coefficient (Wildman–Crippen LogP) is 6.70. The smallest absolute Gasteiger partial charge is 0.303 e. The molecule has 4 aromatic carbocycles. The van der Waals surface area contributed by atoms with Crippen molar-refractivity contribution >= 4 is 16.9 Å². The van der Waals surface area contributed by atoms with Crippen LogP contribution in [0.4, 0.5) is 4.39 Å². The van der Waals surface area contributed by atoms with Gasteiger partial charge in [0, 0.05) is 35.5 Å². The Hall–Kier alpha value is -4.42. The Morgan fingerprint density at radius 3 is 2.39 bits per heavy atom. The van der Waals surface area contributed by atoms with E-state index in [9.17, 15) is 14.3 Å². The van der Waals surface area contributed by atoms with Crippen LogP contribution in [-0.4, -0.2) is 27.4 Å². The molecule has 0 fully saturated rings. The second-order valence-corrected chi connectivity index (χ2v) is 9.12. The monoisotopic (exact) mass is 509 g/mol. The number of carboxylic acid groups (broad SMARTS) is 1. The minimum atomic E-state index is -0.959. The molecule has 1 heterocycles. The first-order valence-electron chi connectivity index (χ1n) is 12.5. The van der Waals surface area contributed by atoms with Gasteiger partial charge in [-0.3, -0.25) is 4.79 Å². The summed E-state index contributed by atoms with van der Waals surface area (Å²) in [5, 5.41) is 19.8. The molecule has 0 saturated carbocycles. The summed E-state index contributed by atoms with van der Waals surface area (Å²) in [4.78, 5) is 10.8. The number of nitrogens with zero attached hydrogens (tertiary/aromatic N) is 1. The highest BCUT2D eigenvalue weighted by Gasteiger charge is 2.20. The summed E-state index contributed by atoms with van der Waals surface area (Å²) in [6, 6.07) is 31.0. The SMILES string of the molecule is O=C(O)CCc1ccc(OCc2cccc(-c3c(-c4ccccc4)n(CCO)c4ccccc34)c2)cc1F. The van der Waals surface area contributed by atoms with Crippen LogP contribution in [0.25, 0.3) is 33.3 Å². The van der Waals surface area contributed by atoms with Crippen molar-refractivity contribution in [3.05, 3.63) is 114 Å². The maximum Gasteiger partial charge on any atom is 0.303 e. The van der Waals surface area contributed by atoms with Crippen LogP contribution in [0.15, 0.2) is 97.1 Å². The molecule has 1 aromatic heterocycles. The molecular weight excluding hydrogens is 481 g/mol. The topological polar surface area (TPSA) is 71.7 Å². The Kier molecular flexibility index (Phi) is 7.52. The molecule has 0 saturated heterocycles. The van der Waals surface area contributed by atoms with Gasteiger partial charge in [-0.15, -0.1) is 0 Å². The summed E-state index contributed by atoms with van der Waals surface area (Å²) in [7, 11) is 0. The van der Waals surface area contributed by atoms with Crippen molar-refractivity contribution in [3.8, 4) is 28.1 Å². The zero-order valence-electron chi connectivity index (χ0n) is 20.8. The molecule has 0 aliphatic rings. The second kappa shape index (κ2) is 11.3. The van der Waals surface area contributed by atoms with E-state index in [1.54, 1.807) is 12.1 Å². The lowest BCUT2D eigenvalue weighted by molar-refractivity contribution is -0.136. The van der Waals surface area contributed by atoms with Gasteiger partial charge in [-0.05, 0) is 46.9 Å².